The fraction of sp³-hybridized carbons (Fsp3) is 0.520. The maximum Gasteiger partial charge on any atom is 0.328 e. The zero-order chi connectivity index (χ0) is 31.3. The van der Waals surface area contributed by atoms with Gasteiger partial charge in [-0.2, -0.15) is 0 Å². The van der Waals surface area contributed by atoms with Crippen molar-refractivity contribution in [1.82, 2.24) is 21.3 Å². The average molecular weight is 583 g/mol. The highest BCUT2D eigenvalue weighted by Crippen LogP contribution is 2.12. The molecule has 0 aliphatic carbocycles. The molecular formula is C25H38N6O10. The molecule has 16 nitrogen and oxygen atoms in total. The molecule has 0 spiro atoms. The number of carboxylic acid groups (broad SMARTS) is 1. The molecule has 0 saturated carbocycles. The number of aliphatic hydroxyl groups excluding tert-OH is 2. The van der Waals surface area contributed by atoms with Crippen LogP contribution in [0.4, 0.5) is 0 Å². The Kier molecular flexibility index (Phi) is 14.2. The quantitative estimate of drug-likeness (QED) is 0.0854. The van der Waals surface area contributed by atoms with E-state index < -0.39 is 78.3 Å². The van der Waals surface area contributed by atoms with Crippen molar-refractivity contribution in [3.05, 3.63) is 29.8 Å². The van der Waals surface area contributed by atoms with E-state index in [0.717, 1.165) is 6.92 Å². The minimum absolute atomic E-state index is 0.0317. The van der Waals surface area contributed by atoms with Crippen LogP contribution in [-0.2, 0) is 35.2 Å². The second kappa shape index (κ2) is 16.7. The van der Waals surface area contributed by atoms with Crippen molar-refractivity contribution in [2.45, 2.75) is 75.9 Å². The number of carboxylic acids is 1. The Morgan fingerprint density at radius 3 is 1.83 bits per heavy atom. The van der Waals surface area contributed by atoms with Crippen molar-refractivity contribution in [1.29, 1.82) is 0 Å². The number of hydrogen-bond donors (Lipinski definition) is 10. The number of nitrogens with one attached hydrogen (secondary N) is 4. The minimum Gasteiger partial charge on any atom is -0.508 e. The van der Waals surface area contributed by atoms with Crippen molar-refractivity contribution in [3.63, 3.8) is 0 Å². The predicted molar refractivity (Wildman–Crippen MR) is 143 cm³/mol. The van der Waals surface area contributed by atoms with E-state index in [9.17, 15) is 49.2 Å². The summed E-state index contributed by atoms with van der Waals surface area (Å²) in [4.78, 5) is 74.4. The van der Waals surface area contributed by atoms with Gasteiger partial charge in [0.15, 0.2) is 6.04 Å². The first kappa shape index (κ1) is 34.7. The van der Waals surface area contributed by atoms with E-state index in [2.05, 4.69) is 21.3 Å². The molecule has 0 radical (unpaired) electrons. The van der Waals surface area contributed by atoms with Gasteiger partial charge in [-0.25, -0.2) is 4.79 Å². The average Bonchev–Trinajstić information content (AvgIpc) is 2.88. The summed E-state index contributed by atoms with van der Waals surface area (Å²) in [5, 5.41) is 47.6. The highest BCUT2D eigenvalue weighted by molar-refractivity contribution is 5.97. The minimum atomic E-state index is -1.72. The molecule has 41 heavy (non-hydrogen) atoms. The molecular weight excluding hydrogens is 544 g/mol. The summed E-state index contributed by atoms with van der Waals surface area (Å²) in [7, 11) is 0. The van der Waals surface area contributed by atoms with E-state index in [-0.39, 0.29) is 25.1 Å². The second-order valence-corrected chi connectivity index (χ2v) is 9.41. The van der Waals surface area contributed by atoms with Crippen LogP contribution < -0.4 is 32.7 Å². The number of primary amides is 1. The molecule has 0 saturated heterocycles. The van der Waals surface area contributed by atoms with Gasteiger partial charge in [-0.15, -0.1) is 0 Å². The molecule has 0 bridgehead atoms. The summed E-state index contributed by atoms with van der Waals surface area (Å²) < 4.78 is 0. The SMILES string of the molecule is CC(O)C(NC(=O)C(Cc1ccc(O)cc1)NC(=O)C(CC(N)=O)NC(=O)C(NC(=O)CCCN)C(C)O)C(=O)O. The van der Waals surface area contributed by atoms with Crippen LogP contribution in [0.3, 0.4) is 0 Å². The Labute approximate surface area is 235 Å². The lowest BCUT2D eigenvalue weighted by molar-refractivity contribution is -0.145. The molecule has 16 heteroatoms. The lowest BCUT2D eigenvalue weighted by Crippen LogP contribution is -2.60. The van der Waals surface area contributed by atoms with Gasteiger partial charge in [0.05, 0.1) is 18.6 Å². The summed E-state index contributed by atoms with van der Waals surface area (Å²) in [6.07, 6.45) is -3.58. The summed E-state index contributed by atoms with van der Waals surface area (Å²) in [6.45, 7) is 2.57. The van der Waals surface area contributed by atoms with Crippen LogP contribution in [0.5, 0.6) is 5.75 Å². The maximum absolute atomic E-state index is 13.2. The molecule has 1 aromatic carbocycles. The number of phenols is 1. The summed E-state index contributed by atoms with van der Waals surface area (Å²) in [5.74, 6) is -6.33. The van der Waals surface area contributed by atoms with E-state index in [4.69, 9.17) is 11.5 Å². The van der Waals surface area contributed by atoms with E-state index in [1.165, 1.54) is 31.2 Å². The summed E-state index contributed by atoms with van der Waals surface area (Å²) in [5.41, 5.74) is 11.0. The zero-order valence-electron chi connectivity index (χ0n) is 22.7. The third-order valence-electron chi connectivity index (χ3n) is 5.78. The topological polar surface area (TPSA) is 284 Å². The lowest BCUT2D eigenvalue weighted by atomic mass is 10.0. The largest absolute Gasteiger partial charge is 0.508 e. The van der Waals surface area contributed by atoms with Gasteiger partial charge < -0.3 is 53.2 Å². The Hall–Kier alpha value is -4.28. The monoisotopic (exact) mass is 582 g/mol. The van der Waals surface area contributed by atoms with Crippen LogP contribution in [0, 0.1) is 0 Å². The van der Waals surface area contributed by atoms with E-state index >= 15 is 0 Å². The molecule has 6 atom stereocenters. The van der Waals surface area contributed by atoms with Gasteiger partial charge >= 0.3 is 5.97 Å². The highest BCUT2D eigenvalue weighted by Gasteiger charge is 2.34. The fourth-order valence-corrected chi connectivity index (χ4v) is 3.58. The summed E-state index contributed by atoms with van der Waals surface area (Å²) >= 11 is 0. The van der Waals surface area contributed by atoms with Crippen LogP contribution in [0.1, 0.15) is 38.7 Å². The number of hydrogen-bond acceptors (Lipinski definition) is 10. The number of rotatable bonds is 17. The molecule has 1 aromatic rings. The van der Waals surface area contributed by atoms with E-state index in [1.54, 1.807) is 0 Å². The predicted octanol–water partition coefficient (Wildman–Crippen LogP) is -3.67. The van der Waals surface area contributed by atoms with Crippen molar-refractivity contribution in [2.75, 3.05) is 6.54 Å². The third kappa shape index (κ3) is 12.2. The fourth-order valence-electron chi connectivity index (χ4n) is 3.58. The number of aliphatic hydroxyl groups is 2. The van der Waals surface area contributed by atoms with Gasteiger partial charge in [-0.1, -0.05) is 12.1 Å². The zero-order valence-corrected chi connectivity index (χ0v) is 22.7. The van der Waals surface area contributed by atoms with Gasteiger partial charge in [0.25, 0.3) is 0 Å². The Morgan fingerprint density at radius 1 is 0.805 bits per heavy atom. The summed E-state index contributed by atoms with van der Waals surface area (Å²) in [6, 6.07) is -0.873. The van der Waals surface area contributed by atoms with Crippen molar-refractivity contribution < 1.29 is 49.2 Å². The molecule has 5 amide bonds. The first-order chi connectivity index (χ1) is 19.2. The number of carbonyl (C=O) groups is 6. The molecule has 6 unspecified atom stereocenters. The smallest absolute Gasteiger partial charge is 0.328 e. The molecule has 228 valence electrons. The van der Waals surface area contributed by atoms with E-state index in [1.807, 2.05) is 0 Å². The highest BCUT2D eigenvalue weighted by atomic mass is 16.4. The molecule has 0 heterocycles. The van der Waals surface area contributed by atoms with Crippen LogP contribution in [0.15, 0.2) is 24.3 Å². The van der Waals surface area contributed by atoms with Crippen LogP contribution in [0.2, 0.25) is 0 Å². The number of nitrogens with two attached hydrogens (primary N) is 2. The number of amides is 5. The number of aliphatic carboxylic acids is 1. The Balaban J connectivity index is 3.22. The van der Waals surface area contributed by atoms with Crippen molar-refractivity contribution >= 4 is 35.5 Å². The lowest BCUT2D eigenvalue weighted by Gasteiger charge is -2.27. The van der Waals surface area contributed by atoms with Crippen molar-refractivity contribution in [3.8, 4) is 5.75 Å². The molecule has 0 aliphatic heterocycles. The number of phenolic OH excluding ortho intramolecular Hbond substituents is 1. The van der Waals surface area contributed by atoms with Gasteiger partial charge in [-0.05, 0) is 44.5 Å². The van der Waals surface area contributed by atoms with Crippen molar-refractivity contribution in [2.24, 2.45) is 11.5 Å². The molecule has 0 aromatic heterocycles. The van der Waals surface area contributed by atoms with Crippen LogP contribution in [-0.4, -0.2) is 98.9 Å². The first-order valence-corrected chi connectivity index (χ1v) is 12.7. The van der Waals surface area contributed by atoms with Gasteiger partial charge in [0, 0.05) is 12.8 Å². The number of carbonyl (C=O) groups excluding carboxylic acids is 5. The van der Waals surface area contributed by atoms with E-state index in [0.29, 0.717) is 12.0 Å². The van der Waals surface area contributed by atoms with Gasteiger partial charge in [-0.3, -0.25) is 24.0 Å². The number of benzene rings is 1. The Bertz CT molecular complexity index is 1080. The normalized spacial score (nSPS) is 15.2. The number of aromatic hydroxyl groups is 1. The standard InChI is InChI=1S/C25H38N6O10/c1-12(32)20(30-19(36)4-3-9-26)24(39)29-17(11-18(27)35)22(37)28-16(10-14-5-7-15(34)8-6-14)23(38)31-21(13(2)33)25(40)41/h5-8,12-13,16-17,20-21,32-34H,3-4,9-11,26H2,1-2H3,(H2,27,35)(H,28,37)(H,29,39)(H,30,36)(H,31,38)(H,40,41). The van der Waals surface area contributed by atoms with Gasteiger partial charge in [0.2, 0.25) is 29.5 Å². The Morgan fingerprint density at radius 2 is 1.34 bits per heavy atom. The third-order valence-corrected chi connectivity index (χ3v) is 5.78. The molecule has 0 aliphatic rings. The molecule has 0 fully saturated rings. The van der Waals surface area contributed by atoms with Gasteiger partial charge in [0.1, 0.15) is 23.9 Å². The van der Waals surface area contributed by atoms with Crippen LogP contribution >= 0.6 is 0 Å². The first-order valence-electron chi connectivity index (χ1n) is 12.7. The maximum atomic E-state index is 13.2. The molecule has 12 N–H and O–H groups in total. The molecule has 1 rings (SSSR count). The van der Waals surface area contributed by atoms with Crippen LogP contribution in [0.25, 0.3) is 0 Å². The second-order valence-electron chi connectivity index (χ2n) is 9.41.